The number of carbonyl (C=O) groups excluding carboxylic acids is 1. The first-order chi connectivity index (χ1) is 13.1. The Labute approximate surface area is 164 Å². The molecule has 0 unspecified atom stereocenters. The van der Waals surface area contributed by atoms with E-state index in [9.17, 15) is 9.90 Å². The van der Waals surface area contributed by atoms with E-state index >= 15 is 0 Å². The number of phenols is 1. The second-order valence-corrected chi connectivity index (χ2v) is 6.85. The zero-order valence-corrected chi connectivity index (χ0v) is 16.0. The number of hydrogen-bond donors (Lipinski definition) is 2. The number of hydrogen-bond acceptors (Lipinski definition) is 5. The number of halogens is 1. The zero-order chi connectivity index (χ0) is 19.2. The van der Waals surface area contributed by atoms with Crippen LogP contribution in [0.25, 0.3) is 6.08 Å². The summed E-state index contributed by atoms with van der Waals surface area (Å²) >= 11 is 5.87. The number of aromatic hydroxyl groups is 1. The van der Waals surface area contributed by atoms with Crippen LogP contribution >= 0.6 is 11.6 Å². The van der Waals surface area contributed by atoms with Crippen molar-refractivity contribution in [2.75, 3.05) is 33.3 Å². The molecule has 1 aliphatic heterocycles. The molecule has 2 N–H and O–H groups in total. The molecule has 2 aromatic rings. The van der Waals surface area contributed by atoms with Gasteiger partial charge in [0, 0.05) is 37.7 Å². The van der Waals surface area contributed by atoms with Crippen molar-refractivity contribution in [3.63, 3.8) is 0 Å². The number of rotatable bonds is 6. The summed E-state index contributed by atoms with van der Waals surface area (Å²) in [4.78, 5) is 14.8. The predicted molar refractivity (Wildman–Crippen MR) is 108 cm³/mol. The van der Waals surface area contributed by atoms with E-state index in [2.05, 4.69) is 10.2 Å². The number of piperazine rings is 1. The largest absolute Gasteiger partial charge is 0.507 e. The molecular formula is C21H23ClN2O3. The van der Waals surface area contributed by atoms with Crippen LogP contribution in [-0.2, 0) is 6.54 Å². The molecule has 1 fully saturated rings. The lowest BCUT2D eigenvalue weighted by Crippen LogP contribution is -2.42. The fourth-order valence-corrected chi connectivity index (χ4v) is 3.22. The second-order valence-electron chi connectivity index (χ2n) is 6.42. The van der Waals surface area contributed by atoms with Crippen LogP contribution in [0.1, 0.15) is 21.5 Å². The van der Waals surface area contributed by atoms with Crippen molar-refractivity contribution in [1.82, 2.24) is 10.2 Å². The summed E-state index contributed by atoms with van der Waals surface area (Å²) in [5.74, 6) is 0.314. The molecule has 0 saturated carbocycles. The van der Waals surface area contributed by atoms with Gasteiger partial charge in [0.1, 0.15) is 11.5 Å². The van der Waals surface area contributed by atoms with Gasteiger partial charge in [-0.15, -0.1) is 0 Å². The molecule has 2 aromatic carbocycles. The third kappa shape index (κ3) is 4.89. The van der Waals surface area contributed by atoms with Gasteiger partial charge in [-0.25, -0.2) is 0 Å². The van der Waals surface area contributed by atoms with Gasteiger partial charge >= 0.3 is 0 Å². The van der Waals surface area contributed by atoms with Crippen molar-refractivity contribution in [3.05, 3.63) is 64.2 Å². The Morgan fingerprint density at radius 2 is 1.93 bits per heavy atom. The van der Waals surface area contributed by atoms with E-state index in [1.165, 1.54) is 6.08 Å². The third-order valence-corrected chi connectivity index (χ3v) is 4.87. The molecule has 27 heavy (non-hydrogen) atoms. The van der Waals surface area contributed by atoms with Gasteiger partial charge in [-0.05, 0) is 35.9 Å². The highest BCUT2D eigenvalue weighted by Gasteiger charge is 2.20. The van der Waals surface area contributed by atoms with Gasteiger partial charge in [-0.2, -0.15) is 0 Å². The molecule has 0 atom stereocenters. The fraction of sp³-hybridized carbons (Fsp3) is 0.286. The SMILES string of the molecule is COc1ccc(C(=O)/C=C/c2ccc(Cl)cc2)c(O)c1CN1CCNCC1. The summed E-state index contributed by atoms with van der Waals surface area (Å²) in [6.07, 6.45) is 3.16. The van der Waals surface area contributed by atoms with Gasteiger partial charge in [0.05, 0.1) is 18.2 Å². The normalized spacial score (nSPS) is 15.2. The molecule has 0 spiro atoms. The van der Waals surface area contributed by atoms with Gasteiger partial charge in [-0.3, -0.25) is 9.69 Å². The highest BCUT2D eigenvalue weighted by Crippen LogP contribution is 2.33. The van der Waals surface area contributed by atoms with Gasteiger partial charge < -0.3 is 15.2 Å². The van der Waals surface area contributed by atoms with Crippen LogP contribution in [0.2, 0.25) is 5.02 Å². The Morgan fingerprint density at radius 1 is 1.22 bits per heavy atom. The molecule has 5 nitrogen and oxygen atoms in total. The number of ether oxygens (including phenoxy) is 1. The number of phenolic OH excluding ortho intramolecular Hbond substituents is 1. The lowest BCUT2D eigenvalue weighted by atomic mass is 10.0. The number of allylic oxidation sites excluding steroid dienone is 1. The van der Waals surface area contributed by atoms with E-state index < -0.39 is 0 Å². The van der Waals surface area contributed by atoms with Crippen molar-refractivity contribution >= 4 is 23.5 Å². The summed E-state index contributed by atoms with van der Waals surface area (Å²) < 4.78 is 5.40. The van der Waals surface area contributed by atoms with Crippen LogP contribution in [0.3, 0.4) is 0 Å². The predicted octanol–water partition coefficient (Wildman–Crippen LogP) is 3.36. The quantitative estimate of drug-likeness (QED) is 0.589. The first kappa shape index (κ1) is 19.4. The molecule has 0 bridgehead atoms. The average molecular weight is 387 g/mol. The van der Waals surface area contributed by atoms with Crippen LogP contribution in [0, 0.1) is 0 Å². The second kappa shape index (κ2) is 9.04. The van der Waals surface area contributed by atoms with Crippen molar-refractivity contribution in [2.24, 2.45) is 0 Å². The summed E-state index contributed by atoms with van der Waals surface area (Å²) in [5.41, 5.74) is 1.78. The van der Waals surface area contributed by atoms with Gasteiger partial charge in [-0.1, -0.05) is 29.8 Å². The Hall–Kier alpha value is -2.34. The molecule has 142 valence electrons. The number of carbonyl (C=O) groups is 1. The van der Waals surface area contributed by atoms with Crippen LogP contribution in [0.5, 0.6) is 11.5 Å². The minimum Gasteiger partial charge on any atom is -0.507 e. The van der Waals surface area contributed by atoms with Crippen LogP contribution in [-0.4, -0.2) is 49.1 Å². The Morgan fingerprint density at radius 3 is 2.59 bits per heavy atom. The van der Waals surface area contributed by atoms with Gasteiger partial charge in [0.15, 0.2) is 5.78 Å². The maximum absolute atomic E-state index is 12.6. The number of methoxy groups -OCH3 is 1. The lowest BCUT2D eigenvalue weighted by Gasteiger charge is -2.28. The molecule has 3 rings (SSSR count). The maximum Gasteiger partial charge on any atom is 0.189 e. The smallest absolute Gasteiger partial charge is 0.189 e. The first-order valence-electron chi connectivity index (χ1n) is 8.88. The first-order valence-corrected chi connectivity index (χ1v) is 9.26. The highest BCUT2D eigenvalue weighted by molar-refractivity contribution is 6.30. The molecule has 0 radical (unpaired) electrons. The van der Waals surface area contributed by atoms with Crippen LogP contribution < -0.4 is 10.1 Å². The van der Waals surface area contributed by atoms with Crippen molar-refractivity contribution in [2.45, 2.75) is 6.54 Å². The summed E-state index contributed by atoms with van der Waals surface area (Å²) in [6, 6.07) is 10.5. The summed E-state index contributed by atoms with van der Waals surface area (Å²) in [7, 11) is 1.57. The average Bonchev–Trinajstić information content (AvgIpc) is 2.69. The molecular weight excluding hydrogens is 364 g/mol. The standard InChI is InChI=1S/C21H23ClN2O3/c1-27-20-9-7-17(19(25)8-4-15-2-5-16(22)6-3-15)21(26)18(20)14-24-12-10-23-11-13-24/h2-9,23,26H,10-14H2,1H3/b8-4+. The molecule has 1 aliphatic rings. The highest BCUT2D eigenvalue weighted by atomic mass is 35.5. The number of nitrogens with zero attached hydrogens (tertiary/aromatic N) is 1. The van der Waals surface area contributed by atoms with E-state index in [1.807, 2.05) is 12.1 Å². The number of nitrogens with one attached hydrogen (secondary N) is 1. The Kier molecular flexibility index (Phi) is 6.50. The van der Waals surface area contributed by atoms with Crippen LogP contribution in [0.15, 0.2) is 42.5 Å². The zero-order valence-electron chi connectivity index (χ0n) is 15.2. The van der Waals surface area contributed by atoms with E-state index in [-0.39, 0.29) is 17.1 Å². The molecule has 1 heterocycles. The van der Waals surface area contributed by atoms with Gasteiger partial charge in [0.25, 0.3) is 0 Å². The molecule has 0 aliphatic carbocycles. The van der Waals surface area contributed by atoms with Crippen molar-refractivity contribution in [3.8, 4) is 11.5 Å². The Balaban J connectivity index is 1.82. The summed E-state index contributed by atoms with van der Waals surface area (Å²) in [6.45, 7) is 4.13. The minimum atomic E-state index is -0.258. The van der Waals surface area contributed by atoms with Crippen LogP contribution in [0.4, 0.5) is 0 Å². The third-order valence-electron chi connectivity index (χ3n) is 4.61. The van der Waals surface area contributed by atoms with Gasteiger partial charge in [0.2, 0.25) is 0 Å². The lowest BCUT2D eigenvalue weighted by molar-refractivity contribution is 0.104. The number of benzene rings is 2. The van der Waals surface area contributed by atoms with E-state index in [4.69, 9.17) is 16.3 Å². The van der Waals surface area contributed by atoms with E-state index in [0.717, 1.165) is 31.7 Å². The van der Waals surface area contributed by atoms with E-state index in [1.54, 1.807) is 37.5 Å². The summed E-state index contributed by atoms with van der Waals surface area (Å²) in [5, 5.41) is 14.7. The minimum absolute atomic E-state index is 0.0151. The monoisotopic (exact) mass is 386 g/mol. The van der Waals surface area contributed by atoms with Crippen molar-refractivity contribution < 1.29 is 14.6 Å². The fourth-order valence-electron chi connectivity index (χ4n) is 3.09. The van der Waals surface area contributed by atoms with Crippen molar-refractivity contribution in [1.29, 1.82) is 0 Å². The molecule has 6 heteroatoms. The molecule has 0 amide bonds. The van der Waals surface area contributed by atoms with E-state index in [0.29, 0.717) is 22.9 Å². The number of ketones is 1. The molecule has 0 aromatic heterocycles. The molecule has 1 saturated heterocycles. The maximum atomic E-state index is 12.6. The topological polar surface area (TPSA) is 61.8 Å². The Bertz CT molecular complexity index is 828.